The molecular formula is C14H26N2O2. The molecule has 0 aromatic rings. The molecule has 1 aliphatic heterocycles. The smallest absolute Gasteiger partial charge is 0.240 e. The van der Waals surface area contributed by atoms with Gasteiger partial charge in [0.25, 0.3) is 0 Å². The Kier molecular flexibility index (Phi) is 4.91. The van der Waals surface area contributed by atoms with Gasteiger partial charge in [0.2, 0.25) is 5.91 Å². The van der Waals surface area contributed by atoms with Crippen LogP contribution in [0.4, 0.5) is 0 Å². The predicted octanol–water partition coefficient (Wildman–Crippen LogP) is 1.59. The van der Waals surface area contributed by atoms with Gasteiger partial charge in [0.15, 0.2) is 5.78 Å². The minimum atomic E-state index is -0.457. The molecule has 4 heteroatoms. The number of Topliss-reactive ketones (excluding diaryl/α,β-unsaturated/α-hetero) is 1. The maximum atomic E-state index is 12.4. The van der Waals surface area contributed by atoms with E-state index in [1.165, 1.54) is 0 Å². The standard InChI is InChI=1S/C14H26N2O2/c1-6-10(2)12(11(3)17)15-13(18)14(4)8-7-9-16(14)5/h10,12H,6-9H2,1-5H3,(H,15,18)/t10-,12-,14+/m0/s1. The normalized spacial score (nSPS) is 27.8. The molecule has 0 spiro atoms. The predicted molar refractivity (Wildman–Crippen MR) is 72.3 cm³/mol. The number of hydrogen-bond donors (Lipinski definition) is 1. The zero-order chi connectivity index (χ0) is 13.9. The fraction of sp³-hybridized carbons (Fsp3) is 0.857. The van der Waals surface area contributed by atoms with E-state index in [1.807, 2.05) is 27.8 Å². The van der Waals surface area contributed by atoms with Crippen LogP contribution in [0.25, 0.3) is 0 Å². The Hall–Kier alpha value is -0.900. The van der Waals surface area contributed by atoms with Gasteiger partial charge in [-0.2, -0.15) is 0 Å². The second kappa shape index (κ2) is 5.83. The van der Waals surface area contributed by atoms with Crippen molar-refractivity contribution in [1.82, 2.24) is 10.2 Å². The second-order valence-electron chi connectivity index (χ2n) is 5.75. The summed E-state index contributed by atoms with van der Waals surface area (Å²) in [6.45, 7) is 8.50. The number of hydrogen-bond acceptors (Lipinski definition) is 3. The van der Waals surface area contributed by atoms with Crippen LogP contribution in [0.5, 0.6) is 0 Å². The summed E-state index contributed by atoms with van der Waals surface area (Å²) in [4.78, 5) is 26.1. The molecule has 4 nitrogen and oxygen atoms in total. The number of nitrogens with one attached hydrogen (secondary N) is 1. The molecule has 104 valence electrons. The minimum absolute atomic E-state index is 0.0111. The number of rotatable bonds is 5. The molecule has 1 heterocycles. The third-order valence-electron chi connectivity index (χ3n) is 4.43. The molecular weight excluding hydrogens is 228 g/mol. The summed E-state index contributed by atoms with van der Waals surface area (Å²) in [5.74, 6) is 0.215. The molecule has 0 saturated carbocycles. The summed E-state index contributed by atoms with van der Waals surface area (Å²) < 4.78 is 0. The molecule has 0 aromatic heterocycles. The number of nitrogens with zero attached hydrogens (tertiary/aromatic N) is 1. The molecule has 0 aliphatic carbocycles. The summed E-state index contributed by atoms with van der Waals surface area (Å²) in [7, 11) is 1.97. The first-order valence-corrected chi connectivity index (χ1v) is 6.85. The first-order chi connectivity index (χ1) is 8.32. The van der Waals surface area contributed by atoms with Gasteiger partial charge in [-0.05, 0) is 46.2 Å². The molecule has 1 fully saturated rings. The average molecular weight is 254 g/mol. The molecule has 3 atom stereocenters. The van der Waals surface area contributed by atoms with E-state index in [1.54, 1.807) is 6.92 Å². The van der Waals surface area contributed by atoms with Crippen molar-refractivity contribution in [2.45, 2.75) is 58.5 Å². The van der Waals surface area contributed by atoms with Gasteiger partial charge in [-0.1, -0.05) is 20.3 Å². The van der Waals surface area contributed by atoms with Crippen LogP contribution in [0.3, 0.4) is 0 Å². The Morgan fingerprint density at radius 3 is 2.44 bits per heavy atom. The van der Waals surface area contributed by atoms with Crippen LogP contribution in [0, 0.1) is 5.92 Å². The zero-order valence-corrected chi connectivity index (χ0v) is 12.2. The lowest BCUT2D eigenvalue weighted by atomic mass is 9.93. The van der Waals surface area contributed by atoms with Gasteiger partial charge in [0, 0.05) is 0 Å². The Morgan fingerprint density at radius 1 is 1.44 bits per heavy atom. The Labute approximate surface area is 110 Å². The Morgan fingerprint density at radius 2 is 2.06 bits per heavy atom. The van der Waals surface area contributed by atoms with Gasteiger partial charge in [0.05, 0.1) is 11.6 Å². The Balaban J connectivity index is 2.75. The van der Waals surface area contributed by atoms with Crippen LogP contribution in [0.2, 0.25) is 0 Å². The van der Waals surface area contributed by atoms with Crippen LogP contribution >= 0.6 is 0 Å². The highest BCUT2D eigenvalue weighted by atomic mass is 16.2. The molecule has 18 heavy (non-hydrogen) atoms. The second-order valence-corrected chi connectivity index (χ2v) is 5.75. The summed E-state index contributed by atoms with van der Waals surface area (Å²) >= 11 is 0. The first kappa shape index (κ1) is 15.2. The van der Waals surface area contributed by atoms with E-state index in [2.05, 4.69) is 10.2 Å². The summed E-state index contributed by atoms with van der Waals surface area (Å²) in [6.07, 6.45) is 2.78. The lowest BCUT2D eigenvalue weighted by Gasteiger charge is -2.33. The van der Waals surface area contributed by atoms with E-state index in [-0.39, 0.29) is 23.7 Å². The zero-order valence-electron chi connectivity index (χ0n) is 12.2. The molecule has 1 amide bonds. The SMILES string of the molecule is CC[C@H](C)[C@H](NC(=O)[C@@]1(C)CCCN1C)C(C)=O. The van der Waals surface area contributed by atoms with Crippen LogP contribution in [0.1, 0.15) is 47.0 Å². The van der Waals surface area contributed by atoms with Crippen LogP contribution in [0.15, 0.2) is 0 Å². The number of likely N-dealkylation sites (tertiary alicyclic amines) is 1. The highest BCUT2D eigenvalue weighted by Crippen LogP contribution is 2.27. The lowest BCUT2D eigenvalue weighted by molar-refractivity contribution is -0.134. The van der Waals surface area contributed by atoms with Gasteiger partial charge >= 0.3 is 0 Å². The molecule has 0 radical (unpaired) electrons. The fourth-order valence-electron chi connectivity index (χ4n) is 2.56. The first-order valence-electron chi connectivity index (χ1n) is 6.85. The van der Waals surface area contributed by atoms with Crippen molar-refractivity contribution in [3.8, 4) is 0 Å². The van der Waals surface area contributed by atoms with Gasteiger partial charge in [-0.3, -0.25) is 14.5 Å². The van der Waals surface area contributed by atoms with Crippen molar-refractivity contribution < 1.29 is 9.59 Å². The molecule has 1 aliphatic rings. The highest BCUT2D eigenvalue weighted by molar-refractivity contribution is 5.92. The van der Waals surface area contributed by atoms with E-state index in [4.69, 9.17) is 0 Å². The average Bonchev–Trinajstić information content (AvgIpc) is 2.66. The van der Waals surface area contributed by atoms with E-state index in [0.29, 0.717) is 0 Å². The van der Waals surface area contributed by atoms with Gasteiger partial charge in [-0.15, -0.1) is 0 Å². The summed E-state index contributed by atoms with van der Waals surface area (Å²) in [6, 6.07) is -0.353. The molecule has 1 rings (SSSR count). The molecule has 0 unspecified atom stereocenters. The maximum absolute atomic E-state index is 12.4. The van der Waals surface area contributed by atoms with Crippen molar-refractivity contribution in [1.29, 1.82) is 0 Å². The van der Waals surface area contributed by atoms with E-state index in [0.717, 1.165) is 25.8 Å². The van der Waals surface area contributed by atoms with Crippen LogP contribution < -0.4 is 5.32 Å². The summed E-state index contributed by atoms with van der Waals surface area (Å²) in [5.41, 5.74) is -0.457. The summed E-state index contributed by atoms with van der Waals surface area (Å²) in [5, 5.41) is 2.95. The quantitative estimate of drug-likeness (QED) is 0.810. The van der Waals surface area contributed by atoms with Crippen molar-refractivity contribution in [3.05, 3.63) is 0 Å². The number of ketones is 1. The molecule has 1 N–H and O–H groups in total. The van der Waals surface area contributed by atoms with E-state index in [9.17, 15) is 9.59 Å². The van der Waals surface area contributed by atoms with Gasteiger partial charge in [0.1, 0.15) is 0 Å². The Bertz CT molecular complexity index is 330. The number of carbonyl (C=O) groups is 2. The molecule has 0 aromatic carbocycles. The van der Waals surface area contributed by atoms with Crippen molar-refractivity contribution >= 4 is 11.7 Å². The molecule has 0 bridgehead atoms. The minimum Gasteiger partial charge on any atom is -0.344 e. The highest BCUT2D eigenvalue weighted by Gasteiger charge is 2.42. The van der Waals surface area contributed by atoms with Crippen molar-refractivity contribution in [2.75, 3.05) is 13.6 Å². The number of amides is 1. The number of likely N-dealkylation sites (N-methyl/N-ethyl adjacent to an activating group) is 1. The third kappa shape index (κ3) is 2.91. The van der Waals surface area contributed by atoms with Crippen molar-refractivity contribution in [2.24, 2.45) is 5.92 Å². The molecule has 1 saturated heterocycles. The largest absolute Gasteiger partial charge is 0.344 e. The maximum Gasteiger partial charge on any atom is 0.240 e. The van der Waals surface area contributed by atoms with Crippen LogP contribution in [-0.2, 0) is 9.59 Å². The lowest BCUT2D eigenvalue weighted by Crippen LogP contribution is -2.56. The third-order valence-corrected chi connectivity index (χ3v) is 4.43. The van der Waals surface area contributed by atoms with Crippen molar-refractivity contribution in [3.63, 3.8) is 0 Å². The van der Waals surface area contributed by atoms with Gasteiger partial charge < -0.3 is 5.32 Å². The van der Waals surface area contributed by atoms with E-state index < -0.39 is 5.54 Å². The van der Waals surface area contributed by atoms with E-state index >= 15 is 0 Å². The van der Waals surface area contributed by atoms with Crippen LogP contribution in [-0.4, -0.2) is 41.8 Å². The fourth-order valence-corrected chi connectivity index (χ4v) is 2.56. The van der Waals surface area contributed by atoms with Gasteiger partial charge in [-0.25, -0.2) is 0 Å². The topological polar surface area (TPSA) is 49.4 Å². The monoisotopic (exact) mass is 254 g/mol. The number of carbonyl (C=O) groups excluding carboxylic acids is 2.